The molecule has 4 heterocycles. The van der Waals surface area contributed by atoms with Gasteiger partial charge in [0.25, 0.3) is 0 Å². The Morgan fingerprint density at radius 2 is 1.78 bits per heavy atom. The number of phenols is 1. The molecule has 5 rings (SSSR count). The summed E-state index contributed by atoms with van der Waals surface area (Å²) >= 11 is -1.82. The number of nitrogens with zero attached hydrogens (tertiary/aromatic N) is 6. The van der Waals surface area contributed by atoms with Gasteiger partial charge in [-0.25, -0.2) is 14.2 Å². The normalized spacial score (nSPS) is 18.9. The summed E-state index contributed by atoms with van der Waals surface area (Å²) in [6.45, 7) is 5.59. The number of ether oxygens (including phenoxy) is 1. The molecule has 2 N–H and O–H groups in total. The van der Waals surface area contributed by atoms with Crippen molar-refractivity contribution < 1.29 is 18.6 Å². The summed E-state index contributed by atoms with van der Waals surface area (Å²) in [7, 11) is 0. The third kappa shape index (κ3) is 4.16. The van der Waals surface area contributed by atoms with Crippen LogP contribution in [-0.4, -0.2) is 91.5 Å². The van der Waals surface area contributed by atoms with Crippen molar-refractivity contribution in [1.29, 1.82) is 0 Å². The van der Waals surface area contributed by atoms with Crippen molar-refractivity contribution in [2.75, 3.05) is 68.2 Å². The van der Waals surface area contributed by atoms with Crippen molar-refractivity contribution >= 4 is 28.4 Å². The van der Waals surface area contributed by atoms with Gasteiger partial charge in [0.1, 0.15) is 17.4 Å². The number of aromatic hydroxyl groups is 1. The van der Waals surface area contributed by atoms with Gasteiger partial charge in [0, 0.05) is 51.0 Å². The zero-order valence-electron chi connectivity index (χ0n) is 17.6. The van der Waals surface area contributed by atoms with E-state index in [2.05, 4.69) is 9.80 Å². The Labute approximate surface area is 188 Å². The Hall–Kier alpha value is -2.73. The molecule has 0 bridgehead atoms. The van der Waals surface area contributed by atoms with Crippen LogP contribution in [0.25, 0.3) is 16.9 Å². The van der Waals surface area contributed by atoms with E-state index in [1.54, 1.807) is 12.1 Å². The summed E-state index contributed by atoms with van der Waals surface area (Å²) in [6, 6.07) is 7.20. The van der Waals surface area contributed by atoms with Crippen LogP contribution >= 0.6 is 0 Å². The minimum atomic E-state index is -1.82. The molecule has 0 saturated carbocycles. The Morgan fingerprint density at radius 1 is 1.03 bits per heavy atom. The number of hydrogen-bond acceptors (Lipinski definition) is 8. The van der Waals surface area contributed by atoms with E-state index in [9.17, 15) is 13.9 Å². The zero-order chi connectivity index (χ0) is 22.1. The monoisotopic (exact) mass is 458 g/mol. The smallest absolute Gasteiger partial charge is 0.181 e. The van der Waals surface area contributed by atoms with Crippen molar-refractivity contribution in [2.45, 2.75) is 0 Å². The molecule has 2 aliphatic rings. The number of imidazole rings is 1. The van der Waals surface area contributed by atoms with Gasteiger partial charge in [0.2, 0.25) is 0 Å². The first-order chi connectivity index (χ1) is 15.6. The second-order valence-corrected chi connectivity index (χ2v) is 8.83. The lowest BCUT2D eigenvalue weighted by atomic mass is 10.1. The van der Waals surface area contributed by atoms with Crippen LogP contribution in [0.3, 0.4) is 0 Å². The van der Waals surface area contributed by atoms with Gasteiger partial charge in [-0.05, 0) is 12.1 Å². The minimum Gasteiger partial charge on any atom is -0.507 e. The fourth-order valence-electron chi connectivity index (χ4n) is 4.26. The fourth-order valence-corrected chi connectivity index (χ4v) is 4.83. The highest BCUT2D eigenvalue weighted by Crippen LogP contribution is 2.32. The molecule has 1 unspecified atom stereocenters. The molecule has 170 valence electrons. The molecular weight excluding hydrogens is 432 g/mol. The van der Waals surface area contributed by atoms with Gasteiger partial charge in [-0.1, -0.05) is 12.1 Å². The summed E-state index contributed by atoms with van der Waals surface area (Å²) < 4.78 is 27.9. The van der Waals surface area contributed by atoms with Gasteiger partial charge >= 0.3 is 0 Å². The molecule has 3 aromatic rings. The van der Waals surface area contributed by atoms with Gasteiger partial charge in [0.15, 0.2) is 22.5 Å². The molecule has 1 aromatic carbocycles. The van der Waals surface area contributed by atoms with E-state index in [-0.39, 0.29) is 11.6 Å². The molecule has 0 spiro atoms. The topological polar surface area (TPSA) is 107 Å². The predicted molar refractivity (Wildman–Crippen MR) is 123 cm³/mol. The maximum atomic E-state index is 11.1. The molecule has 1 atom stereocenters. The number of para-hydroxylation sites is 1. The van der Waals surface area contributed by atoms with Crippen LogP contribution in [0.15, 0.2) is 36.7 Å². The molecule has 2 aromatic heterocycles. The Bertz CT molecular complexity index is 1120. The number of fused-ring (bicyclic) bond motifs is 1. The average molecular weight is 459 g/mol. The van der Waals surface area contributed by atoms with Crippen molar-refractivity contribution in [2.24, 2.45) is 0 Å². The number of aromatic nitrogens is 3. The molecule has 32 heavy (non-hydrogen) atoms. The highest BCUT2D eigenvalue weighted by molar-refractivity contribution is 7.79. The van der Waals surface area contributed by atoms with Crippen LogP contribution in [0.1, 0.15) is 0 Å². The van der Waals surface area contributed by atoms with E-state index < -0.39 is 11.1 Å². The molecular formula is C21H26N6O4S. The largest absolute Gasteiger partial charge is 0.507 e. The molecule has 10 nitrogen and oxygen atoms in total. The zero-order valence-corrected chi connectivity index (χ0v) is 18.4. The Kier molecular flexibility index (Phi) is 5.96. The van der Waals surface area contributed by atoms with Gasteiger partial charge in [0.05, 0.1) is 25.1 Å². The van der Waals surface area contributed by atoms with E-state index >= 15 is 0 Å². The third-order valence-electron chi connectivity index (χ3n) is 5.93. The van der Waals surface area contributed by atoms with Crippen LogP contribution in [0.2, 0.25) is 0 Å². The third-order valence-corrected chi connectivity index (χ3v) is 6.52. The molecule has 2 fully saturated rings. The van der Waals surface area contributed by atoms with E-state index in [4.69, 9.17) is 14.7 Å². The number of benzene rings is 1. The predicted octanol–water partition coefficient (Wildman–Crippen LogP) is 1.24. The van der Waals surface area contributed by atoms with Crippen molar-refractivity contribution in [3.63, 3.8) is 0 Å². The summed E-state index contributed by atoms with van der Waals surface area (Å²) in [5, 5.41) is 10.4. The lowest BCUT2D eigenvalue weighted by molar-refractivity contribution is 0.122. The SMILES string of the molecule is O=S(O)CN1CCN(c2cnc3c(N4CCOCC4)nc(-c4ccccc4O)cn23)CC1. The number of hydrogen-bond donors (Lipinski definition) is 2. The van der Waals surface area contributed by atoms with Gasteiger partial charge < -0.3 is 24.2 Å². The number of anilines is 2. The van der Waals surface area contributed by atoms with E-state index in [0.29, 0.717) is 37.6 Å². The summed E-state index contributed by atoms with van der Waals surface area (Å²) in [5.74, 6) is 2.07. The highest BCUT2D eigenvalue weighted by atomic mass is 32.2. The average Bonchev–Trinajstić information content (AvgIpc) is 3.23. The summed E-state index contributed by atoms with van der Waals surface area (Å²) in [4.78, 5) is 16.0. The second kappa shape index (κ2) is 9.02. The molecule has 2 aliphatic heterocycles. The van der Waals surface area contributed by atoms with Crippen LogP contribution in [0, 0.1) is 0 Å². The van der Waals surface area contributed by atoms with E-state index in [1.807, 2.05) is 33.8 Å². The van der Waals surface area contributed by atoms with Crippen molar-refractivity contribution in [1.82, 2.24) is 19.3 Å². The van der Waals surface area contributed by atoms with Crippen LogP contribution in [0.4, 0.5) is 11.6 Å². The fraction of sp³-hybridized carbons (Fsp3) is 0.429. The van der Waals surface area contributed by atoms with E-state index in [1.165, 1.54) is 0 Å². The summed E-state index contributed by atoms with van der Waals surface area (Å²) in [5.41, 5.74) is 2.10. The molecule has 0 radical (unpaired) electrons. The maximum absolute atomic E-state index is 11.1. The van der Waals surface area contributed by atoms with Gasteiger partial charge in [-0.15, -0.1) is 0 Å². The number of phenolic OH excluding ortho intramolecular Hbond substituents is 1. The lowest BCUT2D eigenvalue weighted by Gasteiger charge is -2.34. The first-order valence-electron chi connectivity index (χ1n) is 10.6. The first-order valence-corrected chi connectivity index (χ1v) is 11.9. The second-order valence-electron chi connectivity index (χ2n) is 7.93. The van der Waals surface area contributed by atoms with Crippen molar-refractivity contribution in [3.05, 3.63) is 36.7 Å². The molecule has 0 amide bonds. The highest BCUT2D eigenvalue weighted by Gasteiger charge is 2.24. The van der Waals surface area contributed by atoms with Crippen molar-refractivity contribution in [3.8, 4) is 17.0 Å². The summed E-state index contributed by atoms with van der Waals surface area (Å²) in [6.07, 6.45) is 3.78. The number of morpholine rings is 1. The Morgan fingerprint density at radius 3 is 2.50 bits per heavy atom. The Balaban J connectivity index is 1.55. The number of piperazine rings is 1. The molecule has 11 heteroatoms. The maximum Gasteiger partial charge on any atom is 0.181 e. The standard InChI is InChI=1S/C21H26N6O4S/c28-18-4-2-1-3-16(18)17-14-27-19(25-7-5-24(6-8-25)15-32(29)30)13-22-20(27)21(23-17)26-9-11-31-12-10-26/h1-4,13-14,28H,5-12,15H2,(H,29,30). The first kappa shape index (κ1) is 21.1. The van der Waals surface area contributed by atoms with Crippen LogP contribution in [0.5, 0.6) is 5.75 Å². The van der Waals surface area contributed by atoms with Gasteiger partial charge in [-0.2, -0.15) is 0 Å². The van der Waals surface area contributed by atoms with E-state index in [0.717, 1.165) is 43.5 Å². The minimum absolute atomic E-state index is 0.170. The van der Waals surface area contributed by atoms with Crippen LogP contribution in [-0.2, 0) is 15.8 Å². The molecule has 0 aliphatic carbocycles. The quantitative estimate of drug-likeness (QED) is 0.546. The van der Waals surface area contributed by atoms with Crippen LogP contribution < -0.4 is 9.80 Å². The molecule has 2 saturated heterocycles. The number of rotatable bonds is 5. The lowest BCUT2D eigenvalue weighted by Crippen LogP contribution is -2.47. The van der Waals surface area contributed by atoms with Gasteiger partial charge in [-0.3, -0.25) is 9.30 Å².